The fourth-order valence-corrected chi connectivity index (χ4v) is 2.08. The standard InChI is InChI=1S/C16H17ClO2/c1-18-14-7-9-15(10-8-14)19-16(11-12-17)13-5-3-2-4-6-13/h2-10,16H,11-12H2,1H3/t16-/m0/s1. The molecule has 100 valence electrons. The maximum atomic E-state index is 6.00. The number of methoxy groups -OCH3 is 1. The molecule has 0 amide bonds. The van der Waals surface area contributed by atoms with Crippen molar-refractivity contribution < 1.29 is 9.47 Å². The molecule has 0 aliphatic carbocycles. The molecule has 0 fully saturated rings. The summed E-state index contributed by atoms with van der Waals surface area (Å²) in [7, 11) is 1.65. The fraction of sp³-hybridized carbons (Fsp3) is 0.250. The number of ether oxygens (including phenoxy) is 2. The van der Waals surface area contributed by atoms with Gasteiger partial charge < -0.3 is 9.47 Å². The summed E-state index contributed by atoms with van der Waals surface area (Å²) in [6, 6.07) is 17.7. The SMILES string of the molecule is COc1ccc(O[C@@H](CCCl)c2ccccc2)cc1. The summed E-state index contributed by atoms with van der Waals surface area (Å²) >= 11 is 5.86. The molecular formula is C16H17ClO2. The zero-order valence-corrected chi connectivity index (χ0v) is 11.6. The molecule has 0 N–H and O–H groups in total. The monoisotopic (exact) mass is 276 g/mol. The molecular weight excluding hydrogens is 260 g/mol. The van der Waals surface area contributed by atoms with Crippen molar-refractivity contribution in [2.24, 2.45) is 0 Å². The lowest BCUT2D eigenvalue weighted by atomic mass is 10.1. The van der Waals surface area contributed by atoms with Crippen LogP contribution < -0.4 is 9.47 Å². The molecule has 0 aromatic heterocycles. The van der Waals surface area contributed by atoms with Gasteiger partial charge in [0.15, 0.2) is 0 Å². The first-order valence-corrected chi connectivity index (χ1v) is 6.78. The smallest absolute Gasteiger partial charge is 0.125 e. The highest BCUT2D eigenvalue weighted by Gasteiger charge is 2.12. The van der Waals surface area contributed by atoms with Crippen molar-refractivity contribution in [2.75, 3.05) is 13.0 Å². The first-order valence-electron chi connectivity index (χ1n) is 6.25. The van der Waals surface area contributed by atoms with E-state index < -0.39 is 0 Å². The third-order valence-corrected chi connectivity index (χ3v) is 3.10. The Bertz CT molecular complexity index is 482. The Kier molecular flexibility index (Phi) is 5.10. The molecule has 0 aliphatic heterocycles. The van der Waals surface area contributed by atoms with Gasteiger partial charge in [-0.2, -0.15) is 0 Å². The third kappa shape index (κ3) is 3.90. The van der Waals surface area contributed by atoms with E-state index in [-0.39, 0.29) is 6.10 Å². The van der Waals surface area contributed by atoms with Crippen molar-refractivity contribution in [3.8, 4) is 11.5 Å². The van der Waals surface area contributed by atoms with Crippen LogP contribution in [0.5, 0.6) is 11.5 Å². The van der Waals surface area contributed by atoms with Crippen molar-refractivity contribution >= 4 is 11.6 Å². The summed E-state index contributed by atoms with van der Waals surface area (Å²) in [6.07, 6.45) is 0.754. The molecule has 0 bridgehead atoms. The van der Waals surface area contributed by atoms with Crippen LogP contribution in [0.25, 0.3) is 0 Å². The molecule has 0 heterocycles. The third-order valence-electron chi connectivity index (χ3n) is 2.88. The first-order chi connectivity index (χ1) is 9.33. The van der Waals surface area contributed by atoms with Gasteiger partial charge in [0.25, 0.3) is 0 Å². The van der Waals surface area contributed by atoms with Crippen molar-refractivity contribution in [1.29, 1.82) is 0 Å². The summed E-state index contributed by atoms with van der Waals surface area (Å²) in [5.41, 5.74) is 1.14. The molecule has 2 aromatic rings. The average molecular weight is 277 g/mol. The minimum absolute atomic E-state index is 0.0212. The average Bonchev–Trinajstić information content (AvgIpc) is 2.48. The highest BCUT2D eigenvalue weighted by atomic mass is 35.5. The quantitative estimate of drug-likeness (QED) is 0.726. The Labute approximate surface area is 118 Å². The van der Waals surface area contributed by atoms with E-state index >= 15 is 0 Å². The van der Waals surface area contributed by atoms with Crippen LogP contribution >= 0.6 is 11.6 Å². The number of hydrogen-bond acceptors (Lipinski definition) is 2. The highest BCUT2D eigenvalue weighted by Crippen LogP contribution is 2.26. The van der Waals surface area contributed by atoms with Crippen LogP contribution in [0.4, 0.5) is 0 Å². The van der Waals surface area contributed by atoms with Gasteiger partial charge in [0, 0.05) is 12.3 Å². The van der Waals surface area contributed by atoms with Gasteiger partial charge in [0.05, 0.1) is 7.11 Å². The van der Waals surface area contributed by atoms with Crippen LogP contribution in [0.15, 0.2) is 54.6 Å². The molecule has 2 aromatic carbocycles. The molecule has 0 saturated carbocycles. The molecule has 19 heavy (non-hydrogen) atoms. The molecule has 0 aliphatic rings. The lowest BCUT2D eigenvalue weighted by molar-refractivity contribution is 0.202. The Morgan fingerprint density at radius 2 is 1.58 bits per heavy atom. The van der Waals surface area contributed by atoms with Gasteiger partial charge in [0.2, 0.25) is 0 Å². The number of alkyl halides is 1. The van der Waals surface area contributed by atoms with E-state index in [2.05, 4.69) is 12.1 Å². The van der Waals surface area contributed by atoms with E-state index in [0.29, 0.717) is 5.88 Å². The Balaban J connectivity index is 2.11. The second-order valence-electron chi connectivity index (χ2n) is 4.17. The van der Waals surface area contributed by atoms with E-state index in [1.165, 1.54) is 0 Å². The zero-order chi connectivity index (χ0) is 13.5. The molecule has 0 spiro atoms. The van der Waals surface area contributed by atoms with Crippen molar-refractivity contribution in [3.05, 3.63) is 60.2 Å². The van der Waals surface area contributed by atoms with Gasteiger partial charge in [-0.25, -0.2) is 0 Å². The molecule has 1 atom stereocenters. The van der Waals surface area contributed by atoms with Crippen LogP contribution in [0.3, 0.4) is 0 Å². The number of benzene rings is 2. The topological polar surface area (TPSA) is 18.5 Å². The number of hydrogen-bond donors (Lipinski definition) is 0. The lowest BCUT2D eigenvalue weighted by Crippen LogP contribution is -2.08. The van der Waals surface area contributed by atoms with Crippen LogP contribution in [-0.2, 0) is 0 Å². The largest absolute Gasteiger partial charge is 0.497 e. The normalized spacial score (nSPS) is 11.9. The molecule has 2 rings (SSSR count). The van der Waals surface area contributed by atoms with Gasteiger partial charge in [-0.1, -0.05) is 30.3 Å². The Morgan fingerprint density at radius 1 is 0.947 bits per heavy atom. The summed E-state index contributed by atoms with van der Waals surface area (Å²) in [4.78, 5) is 0. The number of rotatable bonds is 6. The maximum Gasteiger partial charge on any atom is 0.125 e. The van der Waals surface area contributed by atoms with Crippen LogP contribution in [0.1, 0.15) is 18.1 Å². The van der Waals surface area contributed by atoms with Crippen molar-refractivity contribution in [1.82, 2.24) is 0 Å². The molecule has 2 nitrogen and oxygen atoms in total. The van der Waals surface area contributed by atoms with Gasteiger partial charge >= 0.3 is 0 Å². The van der Waals surface area contributed by atoms with Crippen molar-refractivity contribution in [3.63, 3.8) is 0 Å². The Hall–Kier alpha value is -1.67. The highest BCUT2D eigenvalue weighted by molar-refractivity contribution is 6.17. The van der Waals surface area contributed by atoms with Crippen LogP contribution in [0.2, 0.25) is 0 Å². The van der Waals surface area contributed by atoms with Gasteiger partial charge in [-0.05, 0) is 29.8 Å². The zero-order valence-electron chi connectivity index (χ0n) is 10.9. The predicted molar refractivity (Wildman–Crippen MR) is 78.1 cm³/mol. The second-order valence-corrected chi connectivity index (χ2v) is 4.55. The molecule has 0 radical (unpaired) electrons. The molecule has 3 heteroatoms. The fourth-order valence-electron chi connectivity index (χ4n) is 1.88. The van der Waals surface area contributed by atoms with E-state index in [4.69, 9.17) is 21.1 Å². The molecule has 0 saturated heterocycles. The summed E-state index contributed by atoms with van der Waals surface area (Å²) in [5, 5.41) is 0. The van der Waals surface area contributed by atoms with Gasteiger partial charge in [-0.3, -0.25) is 0 Å². The summed E-state index contributed by atoms with van der Waals surface area (Å²) < 4.78 is 11.1. The van der Waals surface area contributed by atoms with Crippen LogP contribution in [-0.4, -0.2) is 13.0 Å². The predicted octanol–water partition coefficient (Wildman–Crippen LogP) is 4.44. The van der Waals surface area contributed by atoms with Crippen LogP contribution in [0, 0.1) is 0 Å². The molecule has 0 unspecified atom stereocenters. The summed E-state index contributed by atoms with van der Waals surface area (Å²) in [5.74, 6) is 2.20. The van der Waals surface area contributed by atoms with E-state index in [1.807, 2.05) is 42.5 Å². The van der Waals surface area contributed by atoms with E-state index in [1.54, 1.807) is 7.11 Å². The minimum atomic E-state index is -0.0212. The second kappa shape index (κ2) is 7.05. The van der Waals surface area contributed by atoms with E-state index in [0.717, 1.165) is 23.5 Å². The van der Waals surface area contributed by atoms with Gasteiger partial charge in [0.1, 0.15) is 17.6 Å². The summed E-state index contributed by atoms with van der Waals surface area (Å²) in [6.45, 7) is 0. The lowest BCUT2D eigenvalue weighted by Gasteiger charge is -2.18. The van der Waals surface area contributed by atoms with Gasteiger partial charge in [-0.15, -0.1) is 11.6 Å². The van der Waals surface area contributed by atoms with Crippen molar-refractivity contribution in [2.45, 2.75) is 12.5 Å². The maximum absolute atomic E-state index is 6.00. The van der Waals surface area contributed by atoms with E-state index in [9.17, 15) is 0 Å². The Morgan fingerprint density at radius 3 is 2.16 bits per heavy atom. The minimum Gasteiger partial charge on any atom is -0.497 e. The number of halogens is 1. The first kappa shape index (κ1) is 13.8.